The molecule has 1 saturated carbocycles. The molecule has 0 spiro atoms. The molecule has 0 aliphatic heterocycles. The SMILES string of the molecule is CC(C)(C)O[C@H]1CC[C@H]2CC=CC[C@@]21C. The fraction of sp³-hybridized carbons (Fsp3) is 0.857. The van der Waals surface area contributed by atoms with Gasteiger partial charge in [-0.05, 0) is 52.4 Å². The van der Waals surface area contributed by atoms with Crippen LogP contribution < -0.4 is 0 Å². The number of hydrogen-bond donors (Lipinski definition) is 0. The van der Waals surface area contributed by atoms with E-state index < -0.39 is 0 Å². The Morgan fingerprint density at radius 1 is 1.20 bits per heavy atom. The van der Waals surface area contributed by atoms with Crippen molar-refractivity contribution in [3.8, 4) is 0 Å². The fourth-order valence-electron chi connectivity index (χ4n) is 3.18. The van der Waals surface area contributed by atoms with Crippen molar-refractivity contribution in [3.05, 3.63) is 12.2 Å². The Hall–Kier alpha value is -0.300. The lowest BCUT2D eigenvalue weighted by Gasteiger charge is -2.40. The molecule has 2 aliphatic rings. The number of fused-ring (bicyclic) bond motifs is 1. The summed E-state index contributed by atoms with van der Waals surface area (Å²) in [6.07, 6.45) is 10.2. The molecule has 0 aromatic heterocycles. The summed E-state index contributed by atoms with van der Waals surface area (Å²) in [5.41, 5.74) is 0.408. The molecular formula is C14H24O. The highest BCUT2D eigenvalue weighted by Gasteiger charge is 2.48. The Morgan fingerprint density at radius 3 is 2.60 bits per heavy atom. The second kappa shape index (κ2) is 3.62. The van der Waals surface area contributed by atoms with Gasteiger partial charge in [-0.25, -0.2) is 0 Å². The number of hydrogen-bond acceptors (Lipinski definition) is 1. The van der Waals surface area contributed by atoms with E-state index in [2.05, 4.69) is 39.8 Å². The highest BCUT2D eigenvalue weighted by Crippen LogP contribution is 2.52. The van der Waals surface area contributed by atoms with Gasteiger partial charge in [-0.15, -0.1) is 0 Å². The molecule has 1 heteroatoms. The van der Waals surface area contributed by atoms with Crippen LogP contribution in [0.1, 0.15) is 53.4 Å². The van der Waals surface area contributed by atoms with Crippen molar-refractivity contribution in [2.45, 2.75) is 65.1 Å². The average molecular weight is 208 g/mol. The summed E-state index contributed by atoms with van der Waals surface area (Å²) in [6.45, 7) is 8.93. The summed E-state index contributed by atoms with van der Waals surface area (Å²) < 4.78 is 6.24. The van der Waals surface area contributed by atoms with E-state index in [4.69, 9.17) is 4.74 Å². The fourth-order valence-corrected chi connectivity index (χ4v) is 3.18. The summed E-state index contributed by atoms with van der Waals surface area (Å²) in [6, 6.07) is 0. The third kappa shape index (κ3) is 2.13. The number of rotatable bonds is 1. The molecule has 0 bridgehead atoms. The van der Waals surface area contributed by atoms with Gasteiger partial charge in [0.25, 0.3) is 0 Å². The molecule has 0 unspecified atom stereocenters. The molecule has 3 atom stereocenters. The van der Waals surface area contributed by atoms with E-state index in [-0.39, 0.29) is 5.60 Å². The second-order valence-corrected chi connectivity index (χ2v) is 6.41. The lowest BCUT2D eigenvalue weighted by molar-refractivity contribution is -0.108. The van der Waals surface area contributed by atoms with Gasteiger partial charge in [-0.1, -0.05) is 19.1 Å². The van der Waals surface area contributed by atoms with Gasteiger partial charge in [-0.3, -0.25) is 0 Å². The minimum absolute atomic E-state index is 0.00370. The standard InChI is InChI=1S/C14H24O/c1-13(2,3)15-12-9-8-11-7-5-6-10-14(11,12)4/h5-6,11-12H,7-10H2,1-4H3/t11-,12+,14+/m1/s1. The van der Waals surface area contributed by atoms with Crippen molar-refractivity contribution in [2.24, 2.45) is 11.3 Å². The van der Waals surface area contributed by atoms with Crippen molar-refractivity contribution in [1.82, 2.24) is 0 Å². The largest absolute Gasteiger partial charge is 0.372 e. The topological polar surface area (TPSA) is 9.23 Å². The van der Waals surface area contributed by atoms with E-state index in [1.54, 1.807) is 0 Å². The first-order valence-electron chi connectivity index (χ1n) is 6.25. The average Bonchev–Trinajstić information content (AvgIpc) is 2.41. The molecule has 0 radical (unpaired) electrons. The third-order valence-electron chi connectivity index (χ3n) is 4.09. The normalized spacial score (nSPS) is 40.5. The molecule has 2 aliphatic carbocycles. The van der Waals surface area contributed by atoms with Gasteiger partial charge in [0.2, 0.25) is 0 Å². The molecule has 1 fully saturated rings. The van der Waals surface area contributed by atoms with Crippen LogP contribution >= 0.6 is 0 Å². The Bertz CT molecular complexity index is 261. The number of allylic oxidation sites excluding steroid dienone is 2. The molecule has 1 nitrogen and oxygen atoms in total. The van der Waals surface area contributed by atoms with E-state index in [0.717, 1.165) is 5.92 Å². The zero-order valence-electron chi connectivity index (χ0n) is 10.5. The molecule has 86 valence electrons. The van der Waals surface area contributed by atoms with Gasteiger partial charge in [-0.2, -0.15) is 0 Å². The monoisotopic (exact) mass is 208 g/mol. The van der Waals surface area contributed by atoms with Crippen LogP contribution in [-0.2, 0) is 4.74 Å². The van der Waals surface area contributed by atoms with Crippen LogP contribution in [0, 0.1) is 11.3 Å². The van der Waals surface area contributed by atoms with Crippen LogP contribution in [0.15, 0.2) is 12.2 Å². The Morgan fingerprint density at radius 2 is 1.93 bits per heavy atom. The van der Waals surface area contributed by atoms with Crippen LogP contribution in [0.4, 0.5) is 0 Å². The lowest BCUT2D eigenvalue weighted by Crippen LogP contribution is -2.39. The number of ether oxygens (including phenoxy) is 1. The van der Waals surface area contributed by atoms with Crippen molar-refractivity contribution in [2.75, 3.05) is 0 Å². The first-order chi connectivity index (χ1) is 6.92. The smallest absolute Gasteiger partial charge is 0.0641 e. The van der Waals surface area contributed by atoms with Gasteiger partial charge in [0.05, 0.1) is 11.7 Å². The highest BCUT2D eigenvalue weighted by molar-refractivity contribution is 5.07. The predicted octanol–water partition coefficient (Wildman–Crippen LogP) is 3.94. The molecule has 0 saturated heterocycles. The minimum Gasteiger partial charge on any atom is -0.372 e. The summed E-state index contributed by atoms with van der Waals surface area (Å²) in [7, 11) is 0. The molecule has 15 heavy (non-hydrogen) atoms. The molecular weight excluding hydrogens is 184 g/mol. The maximum atomic E-state index is 6.24. The van der Waals surface area contributed by atoms with Gasteiger partial charge >= 0.3 is 0 Å². The predicted molar refractivity (Wildman–Crippen MR) is 63.8 cm³/mol. The maximum absolute atomic E-state index is 6.24. The van der Waals surface area contributed by atoms with Gasteiger partial charge < -0.3 is 4.74 Å². The molecule has 0 aromatic carbocycles. The van der Waals surface area contributed by atoms with Gasteiger partial charge in [0.1, 0.15) is 0 Å². The van der Waals surface area contributed by atoms with E-state index in [1.165, 1.54) is 25.7 Å². The maximum Gasteiger partial charge on any atom is 0.0641 e. The van der Waals surface area contributed by atoms with Crippen LogP contribution in [0.2, 0.25) is 0 Å². The quantitative estimate of drug-likeness (QED) is 0.593. The van der Waals surface area contributed by atoms with Crippen molar-refractivity contribution in [1.29, 1.82) is 0 Å². The Kier molecular flexibility index (Phi) is 2.70. The van der Waals surface area contributed by atoms with Gasteiger partial charge in [0.15, 0.2) is 0 Å². The third-order valence-corrected chi connectivity index (χ3v) is 4.09. The van der Waals surface area contributed by atoms with Crippen molar-refractivity contribution < 1.29 is 4.74 Å². The van der Waals surface area contributed by atoms with Crippen LogP contribution in [0.5, 0.6) is 0 Å². The molecule has 0 N–H and O–H groups in total. The van der Waals surface area contributed by atoms with Crippen molar-refractivity contribution >= 4 is 0 Å². The summed E-state index contributed by atoms with van der Waals surface area (Å²) in [4.78, 5) is 0. The molecule has 0 amide bonds. The zero-order valence-corrected chi connectivity index (χ0v) is 10.5. The minimum atomic E-state index is 0.00370. The van der Waals surface area contributed by atoms with E-state index in [0.29, 0.717) is 11.5 Å². The molecule has 0 heterocycles. The lowest BCUT2D eigenvalue weighted by atomic mass is 9.71. The van der Waals surface area contributed by atoms with Gasteiger partial charge in [0, 0.05) is 5.41 Å². The van der Waals surface area contributed by atoms with Crippen LogP contribution in [0.25, 0.3) is 0 Å². The Labute approximate surface area is 93.9 Å². The zero-order chi connectivity index (χ0) is 11.1. The van der Waals surface area contributed by atoms with Crippen LogP contribution in [-0.4, -0.2) is 11.7 Å². The van der Waals surface area contributed by atoms with Crippen molar-refractivity contribution in [3.63, 3.8) is 0 Å². The van der Waals surface area contributed by atoms with E-state index in [1.807, 2.05) is 0 Å². The van der Waals surface area contributed by atoms with E-state index in [9.17, 15) is 0 Å². The second-order valence-electron chi connectivity index (χ2n) is 6.41. The summed E-state index contributed by atoms with van der Waals surface area (Å²) in [5.74, 6) is 0.856. The Balaban J connectivity index is 2.11. The van der Waals surface area contributed by atoms with Crippen LogP contribution in [0.3, 0.4) is 0 Å². The summed E-state index contributed by atoms with van der Waals surface area (Å²) >= 11 is 0. The highest BCUT2D eigenvalue weighted by atomic mass is 16.5. The van der Waals surface area contributed by atoms with E-state index >= 15 is 0 Å². The molecule has 2 rings (SSSR count). The first-order valence-corrected chi connectivity index (χ1v) is 6.25. The summed E-state index contributed by atoms with van der Waals surface area (Å²) in [5, 5.41) is 0. The molecule has 0 aromatic rings. The first kappa shape index (κ1) is 11.2.